The van der Waals surface area contributed by atoms with E-state index in [-0.39, 0.29) is 5.91 Å². The van der Waals surface area contributed by atoms with Gasteiger partial charge >= 0.3 is 5.97 Å². The van der Waals surface area contributed by atoms with Crippen LogP contribution in [0.25, 0.3) is 0 Å². The van der Waals surface area contributed by atoms with Crippen LogP contribution in [-0.2, 0) is 9.59 Å². The van der Waals surface area contributed by atoms with Gasteiger partial charge in [-0.3, -0.25) is 9.59 Å². The predicted octanol–water partition coefficient (Wildman–Crippen LogP) is 1.86. The molecule has 1 aliphatic rings. The molecule has 0 aliphatic heterocycles. The highest BCUT2D eigenvalue weighted by Crippen LogP contribution is 2.58. The summed E-state index contributed by atoms with van der Waals surface area (Å²) in [6.07, 6.45) is 0. The molecule has 1 saturated carbocycles. The second kappa shape index (κ2) is 5.09. The lowest BCUT2D eigenvalue weighted by molar-refractivity contribution is -0.140. The lowest BCUT2D eigenvalue weighted by atomic mass is 10.1. The molecule has 0 spiro atoms. The third-order valence-electron chi connectivity index (χ3n) is 3.96. The molecule has 6 nitrogen and oxygen atoms in total. The van der Waals surface area contributed by atoms with Crippen molar-refractivity contribution in [2.75, 3.05) is 12.4 Å². The van der Waals surface area contributed by atoms with Crippen LogP contribution in [0.3, 0.4) is 0 Å². The summed E-state index contributed by atoms with van der Waals surface area (Å²) >= 11 is 0. The van der Waals surface area contributed by atoms with E-state index in [1.807, 2.05) is 6.07 Å². The minimum absolute atomic E-state index is 0.351. The number of hydrogen-bond acceptors (Lipinski definition) is 4. The van der Waals surface area contributed by atoms with Gasteiger partial charge in [0.05, 0.1) is 36.3 Å². The van der Waals surface area contributed by atoms with Crippen molar-refractivity contribution < 1.29 is 19.4 Å². The van der Waals surface area contributed by atoms with Crippen molar-refractivity contribution in [2.45, 2.75) is 13.8 Å². The Kier molecular flexibility index (Phi) is 3.60. The van der Waals surface area contributed by atoms with Crippen LogP contribution in [0.15, 0.2) is 18.2 Å². The number of hydrogen-bond donors (Lipinski definition) is 2. The molecule has 0 aromatic heterocycles. The fraction of sp³-hybridized carbons (Fsp3) is 0.400. The topological polar surface area (TPSA) is 99.4 Å². The molecular weight excluding hydrogens is 272 g/mol. The number of anilines is 1. The fourth-order valence-electron chi connectivity index (χ4n) is 2.66. The van der Waals surface area contributed by atoms with Gasteiger partial charge in [-0.2, -0.15) is 5.26 Å². The van der Waals surface area contributed by atoms with Crippen LogP contribution in [0, 0.1) is 28.6 Å². The largest absolute Gasteiger partial charge is 0.495 e. The molecular formula is C15H16N2O4. The Hall–Kier alpha value is -2.55. The van der Waals surface area contributed by atoms with Gasteiger partial charge in [0.15, 0.2) is 0 Å². The maximum Gasteiger partial charge on any atom is 0.307 e. The van der Waals surface area contributed by atoms with E-state index in [1.165, 1.54) is 13.2 Å². The Balaban J connectivity index is 2.18. The molecule has 2 rings (SSSR count). The van der Waals surface area contributed by atoms with Crippen molar-refractivity contribution in [3.05, 3.63) is 23.8 Å². The zero-order valence-electron chi connectivity index (χ0n) is 12.0. The summed E-state index contributed by atoms with van der Waals surface area (Å²) in [5.41, 5.74) is 0.281. The second-order valence-corrected chi connectivity index (χ2v) is 5.63. The molecule has 6 heteroatoms. The Morgan fingerprint density at radius 1 is 1.38 bits per heavy atom. The normalized spacial score (nSPS) is 22.0. The van der Waals surface area contributed by atoms with Gasteiger partial charge in [-0.1, -0.05) is 13.8 Å². The maximum atomic E-state index is 12.2. The number of rotatable bonds is 4. The monoisotopic (exact) mass is 288 g/mol. The van der Waals surface area contributed by atoms with Crippen molar-refractivity contribution in [1.82, 2.24) is 0 Å². The smallest absolute Gasteiger partial charge is 0.307 e. The van der Waals surface area contributed by atoms with Crippen molar-refractivity contribution in [1.29, 1.82) is 5.26 Å². The first-order valence-electron chi connectivity index (χ1n) is 6.44. The van der Waals surface area contributed by atoms with E-state index in [2.05, 4.69) is 5.32 Å². The summed E-state index contributed by atoms with van der Waals surface area (Å²) < 4.78 is 5.13. The molecule has 1 amide bonds. The van der Waals surface area contributed by atoms with E-state index in [1.54, 1.807) is 26.0 Å². The van der Waals surface area contributed by atoms with E-state index >= 15 is 0 Å². The first-order chi connectivity index (χ1) is 9.82. The number of benzene rings is 1. The molecule has 0 radical (unpaired) electrons. The third-order valence-corrected chi connectivity index (χ3v) is 3.96. The molecule has 1 fully saturated rings. The lowest BCUT2D eigenvalue weighted by Gasteiger charge is -2.11. The highest BCUT2D eigenvalue weighted by atomic mass is 16.5. The fourth-order valence-corrected chi connectivity index (χ4v) is 2.66. The van der Waals surface area contributed by atoms with Gasteiger partial charge in [0.25, 0.3) is 0 Å². The number of nitriles is 1. The van der Waals surface area contributed by atoms with Crippen LogP contribution in [0.1, 0.15) is 19.4 Å². The van der Waals surface area contributed by atoms with E-state index in [0.29, 0.717) is 17.0 Å². The molecule has 0 bridgehead atoms. The quantitative estimate of drug-likeness (QED) is 0.881. The van der Waals surface area contributed by atoms with Crippen LogP contribution in [-0.4, -0.2) is 24.1 Å². The predicted molar refractivity (Wildman–Crippen MR) is 74.7 cm³/mol. The molecule has 110 valence electrons. The summed E-state index contributed by atoms with van der Waals surface area (Å²) in [4.78, 5) is 23.3. The number of carboxylic acid groups (broad SMARTS) is 1. The van der Waals surface area contributed by atoms with E-state index in [4.69, 9.17) is 15.1 Å². The maximum absolute atomic E-state index is 12.2. The summed E-state index contributed by atoms with van der Waals surface area (Å²) in [5.74, 6) is -2.20. The Morgan fingerprint density at radius 3 is 2.52 bits per heavy atom. The van der Waals surface area contributed by atoms with Crippen molar-refractivity contribution in [3.8, 4) is 11.8 Å². The number of carbonyl (C=O) groups excluding carboxylic acids is 1. The summed E-state index contributed by atoms with van der Waals surface area (Å²) in [6.45, 7) is 3.51. The molecule has 2 N–H and O–H groups in total. The van der Waals surface area contributed by atoms with E-state index in [0.717, 1.165) is 0 Å². The van der Waals surface area contributed by atoms with Crippen LogP contribution >= 0.6 is 0 Å². The summed E-state index contributed by atoms with van der Waals surface area (Å²) in [7, 11) is 1.44. The van der Waals surface area contributed by atoms with Crippen LogP contribution < -0.4 is 10.1 Å². The standard InChI is InChI=1S/C15H16N2O4/c1-15(2)11(12(15)14(19)20)13(18)17-9-5-4-8(7-16)6-10(9)21-3/h4-6,11-12H,1-3H3,(H,17,18)(H,19,20)/t11-,12+/m1/s1. The molecule has 1 aliphatic carbocycles. The van der Waals surface area contributed by atoms with Crippen LogP contribution in [0.5, 0.6) is 5.75 Å². The average molecular weight is 288 g/mol. The van der Waals surface area contributed by atoms with Crippen molar-refractivity contribution in [2.24, 2.45) is 17.3 Å². The zero-order valence-corrected chi connectivity index (χ0v) is 12.0. The molecule has 1 aromatic rings. The first kappa shape index (κ1) is 14.9. The van der Waals surface area contributed by atoms with Crippen LogP contribution in [0.2, 0.25) is 0 Å². The number of amides is 1. The van der Waals surface area contributed by atoms with Gasteiger partial charge in [-0.05, 0) is 17.5 Å². The first-order valence-corrected chi connectivity index (χ1v) is 6.44. The highest BCUT2D eigenvalue weighted by molar-refractivity contribution is 6.00. The van der Waals surface area contributed by atoms with Gasteiger partial charge in [-0.25, -0.2) is 0 Å². The third kappa shape index (κ3) is 2.55. The van der Waals surface area contributed by atoms with Crippen molar-refractivity contribution >= 4 is 17.6 Å². The zero-order chi connectivity index (χ0) is 15.8. The second-order valence-electron chi connectivity index (χ2n) is 5.63. The number of ether oxygens (including phenoxy) is 1. The Bertz CT molecular complexity index is 646. The molecule has 1 aromatic carbocycles. The number of nitrogens with one attached hydrogen (secondary N) is 1. The molecule has 2 atom stereocenters. The number of carboxylic acids is 1. The van der Waals surface area contributed by atoms with Gasteiger partial charge in [-0.15, -0.1) is 0 Å². The minimum atomic E-state index is -0.966. The average Bonchev–Trinajstić information content (AvgIpc) is 3.02. The Morgan fingerprint density at radius 2 is 2.05 bits per heavy atom. The molecule has 0 saturated heterocycles. The van der Waals surface area contributed by atoms with Gasteiger partial charge < -0.3 is 15.2 Å². The summed E-state index contributed by atoms with van der Waals surface area (Å²) in [6, 6.07) is 6.63. The van der Waals surface area contributed by atoms with Gasteiger partial charge in [0.2, 0.25) is 5.91 Å². The number of carbonyl (C=O) groups is 2. The van der Waals surface area contributed by atoms with Gasteiger partial charge in [0.1, 0.15) is 5.75 Å². The summed E-state index contributed by atoms with van der Waals surface area (Å²) in [5, 5.41) is 20.6. The number of methoxy groups -OCH3 is 1. The van der Waals surface area contributed by atoms with E-state index < -0.39 is 23.2 Å². The van der Waals surface area contributed by atoms with E-state index in [9.17, 15) is 9.59 Å². The Labute approximate surface area is 122 Å². The molecule has 21 heavy (non-hydrogen) atoms. The van der Waals surface area contributed by atoms with Crippen molar-refractivity contribution in [3.63, 3.8) is 0 Å². The number of nitrogens with zero attached hydrogens (tertiary/aromatic N) is 1. The minimum Gasteiger partial charge on any atom is -0.495 e. The molecule has 0 heterocycles. The van der Waals surface area contributed by atoms with Gasteiger partial charge in [0, 0.05) is 6.07 Å². The van der Waals surface area contributed by atoms with Crippen LogP contribution in [0.4, 0.5) is 5.69 Å². The SMILES string of the molecule is COc1cc(C#N)ccc1NC(=O)[C@H]1[C@@H](C(=O)O)C1(C)C. The lowest BCUT2D eigenvalue weighted by Crippen LogP contribution is -2.18. The molecule has 0 unspecified atom stereocenters. The highest BCUT2D eigenvalue weighted by Gasteiger charge is 2.65. The number of aliphatic carboxylic acids is 1.